The summed E-state index contributed by atoms with van der Waals surface area (Å²) in [6, 6.07) is 6.42. The Hall–Kier alpha value is -1.88. The Morgan fingerprint density at radius 1 is 1.53 bits per heavy atom. The molecule has 5 nitrogen and oxygen atoms in total. The zero-order valence-electron chi connectivity index (χ0n) is 9.59. The van der Waals surface area contributed by atoms with E-state index in [1.54, 1.807) is 6.07 Å². The first-order chi connectivity index (χ1) is 8.17. The average Bonchev–Trinajstić information content (AvgIpc) is 2.30. The number of nitrogens with two attached hydrogens (primary N) is 1. The van der Waals surface area contributed by atoms with Crippen LogP contribution in [0, 0.1) is 0 Å². The van der Waals surface area contributed by atoms with E-state index in [-0.39, 0.29) is 6.47 Å². The van der Waals surface area contributed by atoms with Crippen molar-refractivity contribution >= 4 is 12.4 Å². The molecule has 0 bridgehead atoms. The zero-order chi connectivity index (χ0) is 12.7. The van der Waals surface area contributed by atoms with Crippen LogP contribution in [0.25, 0.3) is 0 Å². The number of hydrogen-bond donors (Lipinski definition) is 1. The molecule has 0 aromatic heterocycles. The Bertz CT molecular complexity index is 392. The van der Waals surface area contributed by atoms with Crippen molar-refractivity contribution in [3.63, 3.8) is 0 Å². The fraction of sp³-hybridized carbons (Fsp3) is 0.333. The highest BCUT2D eigenvalue weighted by molar-refractivity contribution is 5.81. The van der Waals surface area contributed by atoms with E-state index in [1.165, 1.54) is 0 Å². The number of carbonyl (C=O) groups excluding carboxylic acids is 2. The molecule has 0 saturated heterocycles. The molecule has 0 saturated carbocycles. The normalized spacial score (nSPS) is 11.6. The van der Waals surface area contributed by atoms with E-state index in [2.05, 4.69) is 4.74 Å². The van der Waals surface area contributed by atoms with Gasteiger partial charge in [-0.25, -0.2) is 4.79 Å². The molecule has 0 aliphatic carbocycles. The largest absolute Gasteiger partial charge is 0.494 e. The van der Waals surface area contributed by atoms with Crippen LogP contribution in [0.1, 0.15) is 12.5 Å². The first-order valence-corrected chi connectivity index (χ1v) is 5.28. The van der Waals surface area contributed by atoms with Gasteiger partial charge in [0, 0.05) is 0 Å². The Balaban J connectivity index is 2.64. The van der Waals surface area contributed by atoms with Crippen molar-refractivity contribution < 1.29 is 19.1 Å². The lowest BCUT2D eigenvalue weighted by Gasteiger charge is -2.09. The third kappa shape index (κ3) is 4.24. The summed E-state index contributed by atoms with van der Waals surface area (Å²) in [7, 11) is 0. The summed E-state index contributed by atoms with van der Waals surface area (Å²) >= 11 is 0. The Labute approximate surface area is 99.5 Å². The molecule has 92 valence electrons. The maximum absolute atomic E-state index is 11.1. The van der Waals surface area contributed by atoms with E-state index in [0.717, 1.165) is 11.3 Å². The van der Waals surface area contributed by atoms with Gasteiger partial charge in [-0.2, -0.15) is 0 Å². The van der Waals surface area contributed by atoms with Crippen LogP contribution < -0.4 is 10.5 Å². The molecule has 0 heterocycles. The van der Waals surface area contributed by atoms with Gasteiger partial charge >= 0.3 is 12.4 Å². The van der Waals surface area contributed by atoms with Crippen LogP contribution in [0.15, 0.2) is 24.3 Å². The number of ether oxygens (including phenoxy) is 2. The number of hydrogen-bond acceptors (Lipinski definition) is 5. The van der Waals surface area contributed by atoms with Crippen LogP contribution >= 0.6 is 0 Å². The second-order valence-corrected chi connectivity index (χ2v) is 3.42. The number of esters is 1. The average molecular weight is 237 g/mol. The summed E-state index contributed by atoms with van der Waals surface area (Å²) in [5.41, 5.74) is 6.44. The van der Waals surface area contributed by atoms with Gasteiger partial charge in [0.2, 0.25) is 0 Å². The van der Waals surface area contributed by atoms with Crippen molar-refractivity contribution in [2.45, 2.75) is 19.4 Å². The number of rotatable bonds is 6. The minimum atomic E-state index is -0.850. The molecule has 1 rings (SSSR count). The standard InChI is InChI=1S/C12H15NO4/c1-2-16-10-5-3-4-9(6-10)7-11(13)12(15)17-8-14/h3-6,8,11H,2,7,13H2,1H3/t11-/m0/s1. The van der Waals surface area contributed by atoms with Crippen molar-refractivity contribution in [1.82, 2.24) is 0 Å². The summed E-state index contributed by atoms with van der Waals surface area (Å²) in [6.45, 7) is 2.54. The van der Waals surface area contributed by atoms with Crippen LogP contribution in [0.4, 0.5) is 0 Å². The van der Waals surface area contributed by atoms with E-state index < -0.39 is 12.0 Å². The lowest BCUT2D eigenvalue weighted by Crippen LogP contribution is -2.34. The minimum Gasteiger partial charge on any atom is -0.494 e. The van der Waals surface area contributed by atoms with Crippen molar-refractivity contribution in [3.05, 3.63) is 29.8 Å². The summed E-state index contributed by atoms with van der Waals surface area (Å²) in [5, 5.41) is 0. The van der Waals surface area contributed by atoms with Gasteiger partial charge in [-0.05, 0) is 31.0 Å². The molecule has 5 heteroatoms. The summed E-state index contributed by atoms with van der Waals surface area (Å²) in [5.74, 6) is -0.0113. The molecule has 0 unspecified atom stereocenters. The molecule has 0 aliphatic rings. The monoisotopic (exact) mass is 237 g/mol. The van der Waals surface area contributed by atoms with Crippen molar-refractivity contribution in [1.29, 1.82) is 0 Å². The van der Waals surface area contributed by atoms with Gasteiger partial charge in [-0.1, -0.05) is 12.1 Å². The van der Waals surface area contributed by atoms with E-state index in [4.69, 9.17) is 10.5 Å². The summed E-state index contributed by atoms with van der Waals surface area (Å²) in [4.78, 5) is 21.1. The van der Waals surface area contributed by atoms with E-state index in [1.807, 2.05) is 25.1 Å². The third-order valence-electron chi connectivity index (χ3n) is 2.13. The number of benzene rings is 1. The van der Waals surface area contributed by atoms with Gasteiger partial charge in [-0.15, -0.1) is 0 Å². The summed E-state index contributed by atoms with van der Waals surface area (Å²) < 4.78 is 9.50. The molecule has 1 aromatic rings. The van der Waals surface area contributed by atoms with Crippen molar-refractivity contribution in [2.75, 3.05) is 6.61 Å². The minimum absolute atomic E-state index is 0.0822. The van der Waals surface area contributed by atoms with Crippen LogP contribution in [0.2, 0.25) is 0 Å². The zero-order valence-corrected chi connectivity index (χ0v) is 9.59. The molecular formula is C12H15NO4. The molecule has 0 fully saturated rings. The fourth-order valence-electron chi connectivity index (χ4n) is 1.40. The quantitative estimate of drug-likeness (QED) is 0.446. The molecule has 17 heavy (non-hydrogen) atoms. The highest BCUT2D eigenvalue weighted by Crippen LogP contribution is 2.14. The van der Waals surface area contributed by atoms with E-state index in [0.29, 0.717) is 13.0 Å². The van der Waals surface area contributed by atoms with Crippen molar-refractivity contribution in [2.24, 2.45) is 5.73 Å². The van der Waals surface area contributed by atoms with Crippen LogP contribution in [0.3, 0.4) is 0 Å². The first kappa shape index (κ1) is 13.2. The molecule has 0 amide bonds. The SMILES string of the molecule is CCOc1cccc(C[C@H](N)C(=O)OC=O)c1. The van der Waals surface area contributed by atoms with E-state index in [9.17, 15) is 9.59 Å². The smallest absolute Gasteiger partial charge is 0.330 e. The van der Waals surface area contributed by atoms with Gasteiger partial charge < -0.3 is 15.2 Å². The van der Waals surface area contributed by atoms with Gasteiger partial charge in [0.25, 0.3) is 0 Å². The Morgan fingerprint density at radius 3 is 2.94 bits per heavy atom. The highest BCUT2D eigenvalue weighted by Gasteiger charge is 2.15. The third-order valence-corrected chi connectivity index (χ3v) is 2.13. The molecule has 0 spiro atoms. The molecule has 1 atom stereocenters. The maximum Gasteiger partial charge on any atom is 0.330 e. The number of carbonyl (C=O) groups is 2. The second-order valence-electron chi connectivity index (χ2n) is 3.42. The van der Waals surface area contributed by atoms with Crippen LogP contribution in [-0.4, -0.2) is 25.1 Å². The Morgan fingerprint density at radius 2 is 2.29 bits per heavy atom. The lowest BCUT2D eigenvalue weighted by molar-refractivity contribution is -0.152. The van der Waals surface area contributed by atoms with Gasteiger partial charge in [0.1, 0.15) is 11.8 Å². The van der Waals surface area contributed by atoms with Gasteiger partial charge in [-0.3, -0.25) is 4.79 Å². The van der Waals surface area contributed by atoms with Crippen LogP contribution in [0.5, 0.6) is 5.75 Å². The van der Waals surface area contributed by atoms with Crippen LogP contribution in [-0.2, 0) is 20.7 Å². The molecule has 1 aromatic carbocycles. The topological polar surface area (TPSA) is 78.6 Å². The Kier molecular flexibility index (Phi) is 5.16. The molecule has 2 N–H and O–H groups in total. The fourth-order valence-corrected chi connectivity index (χ4v) is 1.40. The lowest BCUT2D eigenvalue weighted by atomic mass is 10.1. The molecular weight excluding hydrogens is 222 g/mol. The van der Waals surface area contributed by atoms with Gasteiger partial charge in [0.15, 0.2) is 0 Å². The predicted molar refractivity (Wildman–Crippen MR) is 61.4 cm³/mol. The molecule has 0 aliphatic heterocycles. The summed E-state index contributed by atoms with van der Waals surface area (Å²) in [6.07, 6.45) is 0.299. The maximum atomic E-state index is 11.1. The van der Waals surface area contributed by atoms with E-state index >= 15 is 0 Å². The molecule has 0 radical (unpaired) electrons. The predicted octanol–water partition coefficient (Wildman–Crippen LogP) is 0.655. The first-order valence-electron chi connectivity index (χ1n) is 5.28. The second kappa shape index (κ2) is 6.65. The van der Waals surface area contributed by atoms with Gasteiger partial charge in [0.05, 0.1) is 6.61 Å². The van der Waals surface area contributed by atoms with Crippen molar-refractivity contribution in [3.8, 4) is 5.75 Å². The highest BCUT2D eigenvalue weighted by atomic mass is 16.6.